The lowest BCUT2D eigenvalue weighted by atomic mass is 10.1. The van der Waals surface area contributed by atoms with Crippen molar-refractivity contribution in [3.8, 4) is 5.75 Å². The molecule has 0 aromatic heterocycles. The first-order valence-corrected chi connectivity index (χ1v) is 12.6. The molecule has 0 radical (unpaired) electrons. The topological polar surface area (TPSA) is 96.0 Å². The Bertz CT molecular complexity index is 1340. The molecule has 3 aromatic rings. The van der Waals surface area contributed by atoms with Crippen LogP contribution in [-0.2, 0) is 21.2 Å². The number of hydrogen-bond acceptors (Lipinski definition) is 5. The molecule has 35 heavy (non-hydrogen) atoms. The van der Waals surface area contributed by atoms with Gasteiger partial charge in [-0.2, -0.15) is 0 Å². The number of fused-ring (bicyclic) bond motifs is 1. The van der Waals surface area contributed by atoms with E-state index in [1.165, 1.54) is 38.4 Å². The second-order valence-corrected chi connectivity index (χ2v) is 10.6. The monoisotopic (exact) mass is 493 g/mol. The van der Waals surface area contributed by atoms with E-state index in [-0.39, 0.29) is 10.8 Å². The molecule has 2 amide bonds. The smallest absolute Gasteiger partial charge is 0.267 e. The normalized spacial score (nSPS) is 15.5. The molecule has 4 rings (SSSR count). The Kier molecular flexibility index (Phi) is 6.90. The minimum atomic E-state index is -3.58. The highest BCUT2D eigenvalue weighted by Gasteiger charge is 2.31. The maximum Gasteiger partial charge on any atom is 0.267 e. The number of nitrogens with zero attached hydrogens (tertiary/aromatic N) is 2. The lowest BCUT2D eigenvalue weighted by Gasteiger charge is -2.33. The van der Waals surface area contributed by atoms with Crippen molar-refractivity contribution in [2.24, 2.45) is 0 Å². The third kappa shape index (κ3) is 5.21. The van der Waals surface area contributed by atoms with Gasteiger partial charge in [-0.05, 0) is 61.4 Å². The Morgan fingerprint density at radius 1 is 1.03 bits per heavy atom. The summed E-state index contributed by atoms with van der Waals surface area (Å²) in [5.41, 5.74) is 2.51. The molecule has 0 spiro atoms. The van der Waals surface area contributed by atoms with Gasteiger partial charge in [-0.25, -0.2) is 12.7 Å². The number of ether oxygens (including phenoxy) is 1. The molecule has 1 aliphatic heterocycles. The molecule has 0 aliphatic carbocycles. The summed E-state index contributed by atoms with van der Waals surface area (Å²) in [6, 6.07) is 20.8. The minimum absolute atomic E-state index is 0.103. The van der Waals surface area contributed by atoms with Crippen LogP contribution >= 0.6 is 0 Å². The molecular weight excluding hydrogens is 466 g/mol. The molecule has 0 saturated heterocycles. The Hall–Kier alpha value is -3.69. The molecule has 0 saturated carbocycles. The summed E-state index contributed by atoms with van der Waals surface area (Å²) < 4.78 is 31.4. The molecule has 1 aliphatic rings. The predicted octanol–water partition coefficient (Wildman–Crippen LogP) is 3.55. The van der Waals surface area contributed by atoms with Crippen molar-refractivity contribution in [1.29, 1.82) is 0 Å². The van der Waals surface area contributed by atoms with E-state index in [0.717, 1.165) is 9.87 Å². The number of sulfonamides is 1. The third-order valence-electron chi connectivity index (χ3n) is 5.79. The van der Waals surface area contributed by atoms with E-state index < -0.39 is 22.0 Å². The van der Waals surface area contributed by atoms with Crippen molar-refractivity contribution in [2.75, 3.05) is 30.9 Å². The zero-order valence-electron chi connectivity index (χ0n) is 19.8. The highest BCUT2D eigenvalue weighted by Crippen LogP contribution is 2.36. The van der Waals surface area contributed by atoms with Crippen LogP contribution < -0.4 is 15.0 Å². The molecule has 1 unspecified atom stereocenters. The standard InChI is InChI=1S/C26H27N3O5S/c1-18-26(31)29(16-15-19-7-5-4-6-8-19)23-17-21(11-14-24(23)34-18)27-25(30)20-9-12-22(13-10-20)35(32,33)28(2)3/h4-14,17-18H,15-16H2,1-3H3,(H,27,30). The maximum absolute atomic E-state index is 12.9. The predicted molar refractivity (Wildman–Crippen MR) is 134 cm³/mol. The number of anilines is 2. The fraction of sp³-hybridized carbons (Fsp3) is 0.231. The Balaban J connectivity index is 1.53. The molecule has 1 atom stereocenters. The molecule has 3 aromatic carbocycles. The summed E-state index contributed by atoms with van der Waals surface area (Å²) in [6.45, 7) is 2.19. The van der Waals surface area contributed by atoms with Crippen molar-refractivity contribution in [1.82, 2.24) is 4.31 Å². The molecule has 1 heterocycles. The van der Waals surface area contributed by atoms with Crippen LogP contribution in [0.2, 0.25) is 0 Å². The van der Waals surface area contributed by atoms with E-state index >= 15 is 0 Å². The number of carbonyl (C=O) groups excluding carboxylic acids is 2. The average Bonchev–Trinajstić information content (AvgIpc) is 2.85. The van der Waals surface area contributed by atoms with Crippen molar-refractivity contribution < 1.29 is 22.7 Å². The Labute approximate surface area is 205 Å². The first-order valence-electron chi connectivity index (χ1n) is 11.2. The summed E-state index contributed by atoms with van der Waals surface area (Å²) in [6.07, 6.45) is 0.0769. The largest absolute Gasteiger partial charge is 0.479 e. The van der Waals surface area contributed by atoms with Crippen LogP contribution in [0, 0.1) is 0 Å². The van der Waals surface area contributed by atoms with Crippen LogP contribution in [0.15, 0.2) is 77.7 Å². The van der Waals surface area contributed by atoms with E-state index in [2.05, 4.69) is 5.32 Å². The van der Waals surface area contributed by atoms with Gasteiger partial charge in [0, 0.05) is 31.9 Å². The van der Waals surface area contributed by atoms with Crippen LogP contribution in [0.3, 0.4) is 0 Å². The minimum Gasteiger partial charge on any atom is -0.479 e. The number of amides is 2. The molecular formula is C26H27N3O5S. The summed E-state index contributed by atoms with van der Waals surface area (Å²) in [5.74, 6) is 0.0296. The summed E-state index contributed by atoms with van der Waals surface area (Å²) in [5, 5.41) is 2.82. The van der Waals surface area contributed by atoms with Gasteiger partial charge in [0.2, 0.25) is 10.0 Å². The lowest BCUT2D eigenvalue weighted by molar-refractivity contribution is -0.125. The van der Waals surface area contributed by atoms with E-state index in [4.69, 9.17) is 4.74 Å². The first-order chi connectivity index (χ1) is 16.7. The summed E-state index contributed by atoms with van der Waals surface area (Å²) >= 11 is 0. The van der Waals surface area contributed by atoms with Crippen molar-refractivity contribution in [3.05, 3.63) is 83.9 Å². The van der Waals surface area contributed by atoms with Gasteiger partial charge in [-0.15, -0.1) is 0 Å². The maximum atomic E-state index is 12.9. The number of hydrogen-bond donors (Lipinski definition) is 1. The molecule has 0 bridgehead atoms. The van der Waals surface area contributed by atoms with Gasteiger partial charge < -0.3 is 15.0 Å². The van der Waals surface area contributed by atoms with Gasteiger partial charge in [0.25, 0.3) is 11.8 Å². The third-order valence-corrected chi connectivity index (χ3v) is 7.62. The van der Waals surface area contributed by atoms with Crippen LogP contribution in [0.5, 0.6) is 5.75 Å². The molecule has 1 N–H and O–H groups in total. The van der Waals surface area contributed by atoms with Gasteiger partial charge in [0.05, 0.1) is 10.6 Å². The van der Waals surface area contributed by atoms with Crippen molar-refractivity contribution in [3.63, 3.8) is 0 Å². The highest BCUT2D eigenvalue weighted by molar-refractivity contribution is 7.89. The lowest BCUT2D eigenvalue weighted by Crippen LogP contribution is -2.45. The molecule has 9 heteroatoms. The van der Waals surface area contributed by atoms with Gasteiger partial charge in [-0.3, -0.25) is 9.59 Å². The number of benzene rings is 3. The first kappa shape index (κ1) is 24.4. The van der Waals surface area contributed by atoms with Crippen LogP contribution in [0.4, 0.5) is 11.4 Å². The van der Waals surface area contributed by atoms with E-state index in [1.807, 2.05) is 30.3 Å². The van der Waals surface area contributed by atoms with Crippen LogP contribution in [-0.4, -0.2) is 51.3 Å². The second kappa shape index (κ2) is 9.89. The van der Waals surface area contributed by atoms with Crippen LogP contribution in [0.1, 0.15) is 22.8 Å². The SMILES string of the molecule is CC1Oc2ccc(NC(=O)c3ccc(S(=O)(=O)N(C)C)cc3)cc2N(CCc2ccccc2)C1=O. The van der Waals surface area contributed by atoms with Gasteiger partial charge in [-0.1, -0.05) is 30.3 Å². The number of rotatable bonds is 7. The highest BCUT2D eigenvalue weighted by atomic mass is 32.2. The summed E-state index contributed by atoms with van der Waals surface area (Å²) in [7, 11) is -0.682. The van der Waals surface area contributed by atoms with Crippen LogP contribution in [0.25, 0.3) is 0 Å². The number of nitrogens with one attached hydrogen (secondary N) is 1. The van der Waals surface area contributed by atoms with E-state index in [9.17, 15) is 18.0 Å². The quantitative estimate of drug-likeness (QED) is 0.543. The zero-order valence-corrected chi connectivity index (χ0v) is 20.6. The fourth-order valence-electron chi connectivity index (χ4n) is 3.79. The molecule has 8 nitrogen and oxygen atoms in total. The van der Waals surface area contributed by atoms with Crippen molar-refractivity contribution >= 4 is 33.2 Å². The van der Waals surface area contributed by atoms with Gasteiger partial charge in [0.15, 0.2) is 6.10 Å². The van der Waals surface area contributed by atoms with Crippen molar-refractivity contribution in [2.45, 2.75) is 24.3 Å². The Morgan fingerprint density at radius 2 is 1.71 bits per heavy atom. The summed E-state index contributed by atoms with van der Waals surface area (Å²) in [4.78, 5) is 27.5. The molecule has 182 valence electrons. The Morgan fingerprint density at radius 3 is 2.37 bits per heavy atom. The van der Waals surface area contributed by atoms with E-state index in [0.29, 0.717) is 35.7 Å². The second-order valence-electron chi connectivity index (χ2n) is 8.43. The average molecular weight is 494 g/mol. The molecule has 0 fully saturated rings. The van der Waals surface area contributed by atoms with Gasteiger partial charge in [0.1, 0.15) is 5.75 Å². The van der Waals surface area contributed by atoms with E-state index in [1.54, 1.807) is 30.0 Å². The fourth-order valence-corrected chi connectivity index (χ4v) is 4.70. The van der Waals surface area contributed by atoms with Gasteiger partial charge >= 0.3 is 0 Å². The number of carbonyl (C=O) groups is 2. The zero-order chi connectivity index (χ0) is 25.2.